The molecule has 0 saturated carbocycles. The lowest BCUT2D eigenvalue weighted by Gasteiger charge is -2.05. The highest BCUT2D eigenvalue weighted by Crippen LogP contribution is 2.22. The zero-order valence-electron chi connectivity index (χ0n) is 12.8. The number of fused-ring (bicyclic) bond motifs is 1. The Hall–Kier alpha value is -3.28. The second kappa shape index (κ2) is 5.73. The SMILES string of the molecule is Cc1cn2cc(-c3cnc(Oc4cccc(F)c4)nc3)ccc2n1. The standard InChI is InChI=1S/C18H13FN4O/c1-12-10-23-11-13(5-6-17(23)22-12)14-8-20-18(21-9-14)24-16-4-2-3-15(19)7-16/h2-11H,1H3. The highest BCUT2D eigenvalue weighted by atomic mass is 19.1. The van der Waals surface area contributed by atoms with Crippen LogP contribution in [-0.2, 0) is 0 Å². The van der Waals surface area contributed by atoms with Crippen molar-refractivity contribution in [2.24, 2.45) is 0 Å². The van der Waals surface area contributed by atoms with Gasteiger partial charge < -0.3 is 9.14 Å². The molecule has 1 aromatic carbocycles. The Morgan fingerprint density at radius 2 is 1.83 bits per heavy atom. The van der Waals surface area contributed by atoms with Gasteiger partial charge in [-0.25, -0.2) is 19.3 Å². The van der Waals surface area contributed by atoms with Crippen LogP contribution in [0.25, 0.3) is 16.8 Å². The monoisotopic (exact) mass is 320 g/mol. The minimum absolute atomic E-state index is 0.170. The van der Waals surface area contributed by atoms with Crippen molar-refractivity contribution in [1.29, 1.82) is 0 Å². The van der Waals surface area contributed by atoms with Gasteiger partial charge in [0.2, 0.25) is 0 Å². The van der Waals surface area contributed by atoms with E-state index in [9.17, 15) is 4.39 Å². The third kappa shape index (κ3) is 2.81. The molecule has 4 aromatic rings. The Kier molecular flexibility index (Phi) is 3.42. The fourth-order valence-corrected chi connectivity index (χ4v) is 2.44. The van der Waals surface area contributed by atoms with Gasteiger partial charge in [-0.3, -0.25) is 0 Å². The molecule has 0 N–H and O–H groups in total. The summed E-state index contributed by atoms with van der Waals surface area (Å²) >= 11 is 0. The minimum atomic E-state index is -0.368. The van der Waals surface area contributed by atoms with Crippen LogP contribution in [0.15, 0.2) is 61.2 Å². The van der Waals surface area contributed by atoms with Crippen molar-refractivity contribution >= 4 is 5.65 Å². The van der Waals surface area contributed by atoms with E-state index < -0.39 is 0 Å². The number of hydrogen-bond acceptors (Lipinski definition) is 4. The summed E-state index contributed by atoms with van der Waals surface area (Å²) in [5, 5.41) is 0. The number of benzene rings is 1. The maximum absolute atomic E-state index is 13.2. The topological polar surface area (TPSA) is 52.3 Å². The van der Waals surface area contributed by atoms with Gasteiger partial charge in [0.1, 0.15) is 17.2 Å². The summed E-state index contributed by atoms with van der Waals surface area (Å²) in [5.74, 6) is -0.00823. The van der Waals surface area contributed by atoms with Crippen molar-refractivity contribution < 1.29 is 9.13 Å². The van der Waals surface area contributed by atoms with Crippen LogP contribution in [0, 0.1) is 12.7 Å². The highest BCUT2D eigenvalue weighted by molar-refractivity contribution is 5.63. The van der Waals surface area contributed by atoms with Gasteiger partial charge in [-0.1, -0.05) is 6.07 Å². The molecule has 0 amide bonds. The molecule has 0 atom stereocenters. The number of pyridine rings is 1. The first-order valence-electron chi connectivity index (χ1n) is 7.38. The van der Waals surface area contributed by atoms with E-state index in [4.69, 9.17) is 4.74 Å². The van der Waals surface area contributed by atoms with Crippen LogP contribution in [0.5, 0.6) is 11.8 Å². The quantitative estimate of drug-likeness (QED) is 0.572. The van der Waals surface area contributed by atoms with E-state index in [1.54, 1.807) is 24.5 Å². The molecule has 3 aromatic heterocycles. The predicted molar refractivity (Wildman–Crippen MR) is 87.4 cm³/mol. The Bertz CT molecular complexity index is 1010. The van der Waals surface area contributed by atoms with E-state index in [0.717, 1.165) is 22.5 Å². The van der Waals surface area contributed by atoms with E-state index in [0.29, 0.717) is 5.75 Å². The van der Waals surface area contributed by atoms with Crippen molar-refractivity contribution in [3.8, 4) is 22.9 Å². The number of ether oxygens (including phenoxy) is 1. The van der Waals surface area contributed by atoms with Gasteiger partial charge in [-0.15, -0.1) is 0 Å². The molecule has 5 nitrogen and oxygen atoms in total. The molecular formula is C18H13FN4O. The lowest BCUT2D eigenvalue weighted by atomic mass is 10.1. The summed E-state index contributed by atoms with van der Waals surface area (Å²) in [6.45, 7) is 1.95. The summed E-state index contributed by atoms with van der Waals surface area (Å²) in [4.78, 5) is 12.8. The molecule has 0 unspecified atom stereocenters. The molecule has 118 valence electrons. The molecule has 3 heterocycles. The predicted octanol–water partition coefficient (Wildman–Crippen LogP) is 4.03. The van der Waals surface area contributed by atoms with Crippen LogP contribution >= 0.6 is 0 Å². The summed E-state index contributed by atoms with van der Waals surface area (Å²) in [7, 11) is 0. The number of hydrogen-bond donors (Lipinski definition) is 0. The van der Waals surface area contributed by atoms with Crippen LogP contribution in [-0.4, -0.2) is 19.4 Å². The number of imidazole rings is 1. The molecule has 0 aliphatic carbocycles. The van der Waals surface area contributed by atoms with Gasteiger partial charge in [0.25, 0.3) is 0 Å². The number of nitrogens with zero attached hydrogens (tertiary/aromatic N) is 4. The summed E-state index contributed by atoms with van der Waals surface area (Å²) in [6.07, 6.45) is 7.28. The molecule has 0 saturated heterocycles. The molecule has 0 bridgehead atoms. The molecule has 0 spiro atoms. The van der Waals surface area contributed by atoms with Gasteiger partial charge >= 0.3 is 6.01 Å². The maximum atomic E-state index is 13.2. The van der Waals surface area contributed by atoms with Crippen molar-refractivity contribution in [2.45, 2.75) is 6.92 Å². The Balaban J connectivity index is 1.60. The first-order valence-corrected chi connectivity index (χ1v) is 7.38. The van der Waals surface area contributed by atoms with Gasteiger partial charge in [0, 0.05) is 42.0 Å². The van der Waals surface area contributed by atoms with Gasteiger partial charge in [0.05, 0.1) is 5.69 Å². The highest BCUT2D eigenvalue weighted by Gasteiger charge is 2.05. The third-order valence-electron chi connectivity index (χ3n) is 3.54. The van der Waals surface area contributed by atoms with Crippen molar-refractivity contribution in [2.75, 3.05) is 0 Å². The second-order valence-electron chi connectivity index (χ2n) is 5.38. The molecule has 0 aliphatic rings. The van der Waals surface area contributed by atoms with E-state index in [-0.39, 0.29) is 11.8 Å². The van der Waals surface area contributed by atoms with Crippen LogP contribution in [0.2, 0.25) is 0 Å². The second-order valence-corrected chi connectivity index (χ2v) is 5.38. The number of aromatic nitrogens is 4. The number of halogens is 1. The minimum Gasteiger partial charge on any atom is -0.424 e. The summed E-state index contributed by atoms with van der Waals surface area (Å²) < 4.78 is 20.6. The number of aryl methyl sites for hydroxylation is 1. The van der Waals surface area contributed by atoms with E-state index in [2.05, 4.69) is 15.0 Å². The summed E-state index contributed by atoms with van der Waals surface area (Å²) in [5.41, 5.74) is 3.68. The number of rotatable bonds is 3. The average Bonchev–Trinajstić information content (AvgIpc) is 2.95. The Labute approximate surface area is 137 Å². The lowest BCUT2D eigenvalue weighted by molar-refractivity contribution is 0.438. The fourth-order valence-electron chi connectivity index (χ4n) is 2.44. The largest absolute Gasteiger partial charge is 0.424 e. The lowest BCUT2D eigenvalue weighted by Crippen LogP contribution is -1.93. The van der Waals surface area contributed by atoms with E-state index >= 15 is 0 Å². The smallest absolute Gasteiger partial charge is 0.321 e. The zero-order chi connectivity index (χ0) is 16.5. The third-order valence-corrected chi connectivity index (χ3v) is 3.54. The van der Waals surface area contributed by atoms with Gasteiger partial charge in [-0.05, 0) is 31.2 Å². The normalized spacial score (nSPS) is 10.9. The first-order chi connectivity index (χ1) is 11.7. The van der Waals surface area contributed by atoms with E-state index in [1.165, 1.54) is 12.1 Å². The Morgan fingerprint density at radius 1 is 1.00 bits per heavy atom. The van der Waals surface area contributed by atoms with Crippen LogP contribution in [0.1, 0.15) is 5.69 Å². The van der Waals surface area contributed by atoms with Crippen molar-refractivity contribution in [1.82, 2.24) is 19.4 Å². The first kappa shape index (κ1) is 14.3. The Morgan fingerprint density at radius 3 is 2.62 bits per heavy atom. The summed E-state index contributed by atoms with van der Waals surface area (Å²) in [6, 6.07) is 9.94. The van der Waals surface area contributed by atoms with Crippen molar-refractivity contribution in [3.05, 3.63) is 72.7 Å². The fraction of sp³-hybridized carbons (Fsp3) is 0.0556. The molecule has 0 fully saturated rings. The van der Waals surface area contributed by atoms with E-state index in [1.807, 2.05) is 35.9 Å². The zero-order valence-corrected chi connectivity index (χ0v) is 12.8. The molecule has 0 aliphatic heterocycles. The molecule has 0 radical (unpaired) electrons. The molecule has 4 rings (SSSR count). The molecular weight excluding hydrogens is 307 g/mol. The van der Waals surface area contributed by atoms with Crippen LogP contribution < -0.4 is 4.74 Å². The van der Waals surface area contributed by atoms with Gasteiger partial charge in [-0.2, -0.15) is 0 Å². The molecule has 24 heavy (non-hydrogen) atoms. The maximum Gasteiger partial charge on any atom is 0.321 e. The van der Waals surface area contributed by atoms with Crippen LogP contribution in [0.4, 0.5) is 4.39 Å². The average molecular weight is 320 g/mol. The van der Waals surface area contributed by atoms with Gasteiger partial charge in [0.15, 0.2) is 0 Å². The molecule has 6 heteroatoms. The van der Waals surface area contributed by atoms with Crippen LogP contribution in [0.3, 0.4) is 0 Å². The van der Waals surface area contributed by atoms with Crippen molar-refractivity contribution in [3.63, 3.8) is 0 Å².